The fourth-order valence-corrected chi connectivity index (χ4v) is 4.04. The summed E-state index contributed by atoms with van der Waals surface area (Å²) in [6.07, 6.45) is 0. The third kappa shape index (κ3) is 4.88. The number of hydrogen-bond donors (Lipinski definition) is 1. The highest BCUT2D eigenvalue weighted by Crippen LogP contribution is 2.34. The van der Waals surface area contributed by atoms with E-state index >= 15 is 0 Å². The molecular weight excluding hydrogens is 372 g/mol. The predicted octanol–water partition coefficient (Wildman–Crippen LogP) is 3.55. The summed E-state index contributed by atoms with van der Waals surface area (Å²) >= 11 is 1.66. The maximum absolute atomic E-state index is 12.9. The zero-order chi connectivity index (χ0) is 19.9. The number of rotatable bonds is 7. The molecule has 0 radical (unpaired) electrons. The van der Waals surface area contributed by atoms with Crippen LogP contribution < -0.4 is 10.1 Å². The molecule has 2 aromatic rings. The van der Waals surface area contributed by atoms with E-state index in [1.807, 2.05) is 68.7 Å². The van der Waals surface area contributed by atoms with Crippen molar-refractivity contribution in [1.82, 2.24) is 10.2 Å². The van der Waals surface area contributed by atoms with E-state index in [-0.39, 0.29) is 11.9 Å². The van der Waals surface area contributed by atoms with Crippen LogP contribution in [0.2, 0.25) is 0 Å². The van der Waals surface area contributed by atoms with Crippen molar-refractivity contribution < 1.29 is 14.3 Å². The lowest BCUT2D eigenvalue weighted by Crippen LogP contribution is -2.36. The zero-order valence-electron chi connectivity index (χ0n) is 16.5. The standard InChI is InChI=1S/C22H26N2O3S/c1-24(2)19(16-9-11-18(26-3)12-10-16)15-23-22(25)20-21(28-14-13-27-20)17-7-5-4-6-8-17/h4-12,19H,13-15H2,1-3H3,(H,23,25). The van der Waals surface area contributed by atoms with Gasteiger partial charge >= 0.3 is 0 Å². The van der Waals surface area contributed by atoms with E-state index in [0.29, 0.717) is 18.9 Å². The summed E-state index contributed by atoms with van der Waals surface area (Å²) in [7, 11) is 5.66. The topological polar surface area (TPSA) is 50.8 Å². The van der Waals surface area contributed by atoms with Crippen molar-refractivity contribution >= 4 is 22.6 Å². The van der Waals surface area contributed by atoms with Crippen LogP contribution in [0.3, 0.4) is 0 Å². The van der Waals surface area contributed by atoms with Gasteiger partial charge in [-0.15, -0.1) is 11.8 Å². The van der Waals surface area contributed by atoms with Crippen LogP contribution in [-0.2, 0) is 9.53 Å². The lowest BCUT2D eigenvalue weighted by molar-refractivity contribution is -0.120. The summed E-state index contributed by atoms with van der Waals surface area (Å²) in [6.45, 7) is 1.02. The second kappa shape index (κ2) is 9.66. The van der Waals surface area contributed by atoms with Crippen molar-refractivity contribution in [1.29, 1.82) is 0 Å². The summed E-state index contributed by atoms with van der Waals surface area (Å²) in [4.78, 5) is 15.9. The van der Waals surface area contributed by atoms with Gasteiger partial charge in [-0.2, -0.15) is 0 Å². The molecule has 1 heterocycles. The van der Waals surface area contributed by atoms with Crippen LogP contribution in [0.25, 0.3) is 4.91 Å². The summed E-state index contributed by atoms with van der Waals surface area (Å²) in [5.41, 5.74) is 2.12. The zero-order valence-corrected chi connectivity index (χ0v) is 17.3. The lowest BCUT2D eigenvalue weighted by Gasteiger charge is -2.26. The minimum Gasteiger partial charge on any atom is -0.497 e. The molecule has 0 aliphatic carbocycles. The number of carbonyl (C=O) groups excluding carboxylic acids is 1. The van der Waals surface area contributed by atoms with Crippen LogP contribution in [0.4, 0.5) is 0 Å². The SMILES string of the molecule is COc1ccc(C(CNC(=O)C2=C(c3ccccc3)SCCO2)N(C)C)cc1. The third-order valence-electron chi connectivity index (χ3n) is 4.60. The van der Waals surface area contributed by atoms with Gasteiger partial charge < -0.3 is 19.7 Å². The molecule has 5 nitrogen and oxygen atoms in total. The van der Waals surface area contributed by atoms with Crippen molar-refractivity contribution in [2.45, 2.75) is 6.04 Å². The number of ether oxygens (including phenoxy) is 2. The molecule has 0 saturated carbocycles. The van der Waals surface area contributed by atoms with Crippen molar-refractivity contribution in [3.63, 3.8) is 0 Å². The number of nitrogens with zero attached hydrogens (tertiary/aromatic N) is 1. The first-order valence-electron chi connectivity index (χ1n) is 9.24. The summed E-state index contributed by atoms with van der Waals surface area (Å²) in [5, 5.41) is 3.05. The highest BCUT2D eigenvalue weighted by molar-refractivity contribution is 8.08. The first kappa shape index (κ1) is 20.3. The molecule has 6 heteroatoms. The molecule has 1 atom stereocenters. The normalized spacial score (nSPS) is 15.1. The maximum atomic E-state index is 12.9. The van der Waals surface area contributed by atoms with Crippen molar-refractivity contribution in [3.05, 3.63) is 71.5 Å². The van der Waals surface area contributed by atoms with Gasteiger partial charge in [-0.1, -0.05) is 42.5 Å². The van der Waals surface area contributed by atoms with Crippen LogP contribution in [0.5, 0.6) is 5.75 Å². The van der Waals surface area contributed by atoms with Gasteiger partial charge in [0.25, 0.3) is 5.91 Å². The molecule has 28 heavy (non-hydrogen) atoms. The molecule has 3 rings (SSSR count). The van der Waals surface area contributed by atoms with E-state index in [1.165, 1.54) is 0 Å². The van der Waals surface area contributed by atoms with Gasteiger partial charge in [0.2, 0.25) is 0 Å². The molecule has 2 aromatic carbocycles. The Hall–Kier alpha value is -2.44. The predicted molar refractivity (Wildman–Crippen MR) is 114 cm³/mol. The van der Waals surface area contributed by atoms with Gasteiger partial charge in [0.15, 0.2) is 5.76 Å². The first-order chi connectivity index (χ1) is 13.6. The van der Waals surface area contributed by atoms with Crippen LogP contribution in [0.15, 0.2) is 60.4 Å². The highest BCUT2D eigenvalue weighted by Gasteiger charge is 2.24. The van der Waals surface area contributed by atoms with Gasteiger partial charge in [0.05, 0.1) is 24.7 Å². The Labute approximate surface area is 170 Å². The van der Waals surface area contributed by atoms with Crippen molar-refractivity contribution in [2.75, 3.05) is 40.1 Å². The number of nitrogens with one attached hydrogen (secondary N) is 1. The third-order valence-corrected chi connectivity index (χ3v) is 5.69. The summed E-state index contributed by atoms with van der Waals surface area (Å²) < 4.78 is 11.0. The fraction of sp³-hybridized carbons (Fsp3) is 0.318. The number of hydrogen-bond acceptors (Lipinski definition) is 5. The van der Waals surface area contributed by atoms with E-state index in [0.717, 1.165) is 27.5 Å². The second-order valence-corrected chi connectivity index (χ2v) is 7.79. The molecule has 1 aliphatic rings. The van der Waals surface area contributed by atoms with Crippen LogP contribution in [0, 0.1) is 0 Å². The molecule has 0 spiro atoms. The van der Waals surface area contributed by atoms with E-state index in [1.54, 1.807) is 18.9 Å². The van der Waals surface area contributed by atoms with E-state index in [2.05, 4.69) is 10.2 Å². The van der Waals surface area contributed by atoms with E-state index < -0.39 is 0 Å². The molecule has 1 unspecified atom stereocenters. The average molecular weight is 399 g/mol. The monoisotopic (exact) mass is 398 g/mol. The lowest BCUT2D eigenvalue weighted by atomic mass is 10.1. The van der Waals surface area contributed by atoms with Gasteiger partial charge in [-0.25, -0.2) is 0 Å². The van der Waals surface area contributed by atoms with Gasteiger partial charge in [0.1, 0.15) is 5.75 Å². The van der Waals surface area contributed by atoms with Gasteiger partial charge in [-0.3, -0.25) is 4.79 Å². The minimum atomic E-state index is -0.175. The number of methoxy groups -OCH3 is 1. The Kier molecular flexibility index (Phi) is 7.01. The number of benzene rings is 2. The summed E-state index contributed by atoms with van der Waals surface area (Å²) in [6, 6.07) is 17.9. The smallest absolute Gasteiger partial charge is 0.287 e. The number of thioether (sulfide) groups is 1. The van der Waals surface area contributed by atoms with E-state index in [9.17, 15) is 4.79 Å². The largest absolute Gasteiger partial charge is 0.497 e. The number of likely N-dealkylation sites (N-methyl/N-ethyl adjacent to an activating group) is 1. The minimum absolute atomic E-state index is 0.0480. The Balaban J connectivity index is 1.75. The fourth-order valence-electron chi connectivity index (χ4n) is 3.09. The molecule has 1 aliphatic heterocycles. The second-order valence-electron chi connectivity index (χ2n) is 6.68. The molecule has 148 valence electrons. The molecule has 0 bridgehead atoms. The van der Waals surface area contributed by atoms with Gasteiger partial charge in [-0.05, 0) is 37.4 Å². The molecule has 1 N–H and O–H groups in total. The van der Waals surface area contributed by atoms with Crippen LogP contribution in [-0.4, -0.2) is 50.9 Å². The summed E-state index contributed by atoms with van der Waals surface area (Å²) in [5.74, 6) is 1.89. The molecule has 0 aromatic heterocycles. The quantitative estimate of drug-likeness (QED) is 0.773. The molecular formula is C22H26N2O3S. The molecule has 0 saturated heterocycles. The molecule has 1 amide bonds. The Morgan fingerprint density at radius 1 is 1.18 bits per heavy atom. The highest BCUT2D eigenvalue weighted by atomic mass is 32.2. The number of amides is 1. The Morgan fingerprint density at radius 3 is 2.54 bits per heavy atom. The van der Waals surface area contributed by atoms with Gasteiger partial charge in [0, 0.05) is 12.3 Å². The van der Waals surface area contributed by atoms with Crippen molar-refractivity contribution in [3.8, 4) is 5.75 Å². The van der Waals surface area contributed by atoms with Crippen LogP contribution in [0.1, 0.15) is 17.2 Å². The maximum Gasteiger partial charge on any atom is 0.287 e. The number of carbonyl (C=O) groups is 1. The van der Waals surface area contributed by atoms with Crippen molar-refractivity contribution in [2.24, 2.45) is 0 Å². The average Bonchev–Trinajstić information content (AvgIpc) is 2.74. The Morgan fingerprint density at radius 2 is 1.89 bits per heavy atom. The Bertz CT molecular complexity index is 819. The van der Waals surface area contributed by atoms with Crippen LogP contribution >= 0.6 is 11.8 Å². The molecule has 0 fully saturated rings. The van der Waals surface area contributed by atoms with E-state index in [4.69, 9.17) is 9.47 Å². The first-order valence-corrected chi connectivity index (χ1v) is 10.2.